The van der Waals surface area contributed by atoms with E-state index in [0.29, 0.717) is 6.54 Å². The molecule has 0 aromatic heterocycles. The molecule has 1 N–H and O–H groups in total. The normalized spacial score (nSPS) is 17.7. The van der Waals surface area contributed by atoms with E-state index in [1.165, 1.54) is 32.4 Å². The summed E-state index contributed by atoms with van der Waals surface area (Å²) in [5, 5.41) is 0. The highest BCUT2D eigenvalue weighted by atomic mass is 32.2. The number of esters is 1. The Bertz CT molecular complexity index is 777. The maximum atomic E-state index is 12.2. The number of piperidine rings is 1. The molecule has 1 aliphatic heterocycles. The average molecular weight is 384 g/mol. The second-order valence-corrected chi connectivity index (χ2v) is 7.94. The summed E-state index contributed by atoms with van der Waals surface area (Å²) < 4.78 is 36.4. The number of nitrogens with zero attached hydrogens (tertiary/aromatic N) is 1. The fraction of sp³-hybridized carbons (Fsp3) is 0.529. The summed E-state index contributed by atoms with van der Waals surface area (Å²) in [6.45, 7) is 2.26. The SMILES string of the molecule is CNS(=O)(=O)c1cc(C(=O)OCC(=O)N2CCCC[C@H]2C)ccc1OC. The van der Waals surface area contributed by atoms with Gasteiger partial charge in [0.2, 0.25) is 10.0 Å². The van der Waals surface area contributed by atoms with E-state index < -0.39 is 16.0 Å². The number of rotatable bonds is 6. The molecular formula is C17H24N2O6S. The summed E-state index contributed by atoms with van der Waals surface area (Å²) in [5.74, 6) is -0.908. The third-order valence-corrected chi connectivity index (χ3v) is 5.84. The van der Waals surface area contributed by atoms with E-state index in [1.54, 1.807) is 4.90 Å². The van der Waals surface area contributed by atoms with Gasteiger partial charge in [0.1, 0.15) is 10.6 Å². The van der Waals surface area contributed by atoms with Crippen molar-refractivity contribution in [1.82, 2.24) is 9.62 Å². The molecule has 1 aliphatic rings. The quantitative estimate of drug-likeness (QED) is 0.739. The van der Waals surface area contributed by atoms with Crippen LogP contribution in [0, 0.1) is 0 Å². The van der Waals surface area contributed by atoms with Crippen LogP contribution in [0.4, 0.5) is 0 Å². The minimum atomic E-state index is -3.81. The largest absolute Gasteiger partial charge is 0.495 e. The summed E-state index contributed by atoms with van der Waals surface area (Å²) in [4.78, 5) is 26.0. The number of carbonyl (C=O) groups excluding carboxylic acids is 2. The molecule has 0 spiro atoms. The van der Waals surface area contributed by atoms with E-state index >= 15 is 0 Å². The molecule has 0 saturated carbocycles. The standard InChI is InChI=1S/C17H24N2O6S/c1-12-6-4-5-9-19(12)16(20)11-25-17(21)13-7-8-14(24-3)15(10-13)26(22,23)18-2/h7-8,10,12,18H,4-6,9,11H2,1-3H3/t12-/m1/s1. The van der Waals surface area contributed by atoms with Crippen molar-refractivity contribution < 1.29 is 27.5 Å². The predicted molar refractivity (Wildman–Crippen MR) is 94.5 cm³/mol. The number of hydrogen-bond donors (Lipinski definition) is 1. The first-order valence-electron chi connectivity index (χ1n) is 8.38. The minimum Gasteiger partial charge on any atom is -0.495 e. The van der Waals surface area contributed by atoms with Crippen molar-refractivity contribution in [3.8, 4) is 5.75 Å². The number of methoxy groups -OCH3 is 1. The Hall–Kier alpha value is -2.13. The third kappa shape index (κ3) is 4.53. The van der Waals surface area contributed by atoms with Gasteiger partial charge in [-0.25, -0.2) is 17.9 Å². The minimum absolute atomic E-state index is 0.0270. The molecule has 1 heterocycles. The van der Waals surface area contributed by atoms with E-state index in [9.17, 15) is 18.0 Å². The van der Waals surface area contributed by atoms with Crippen LogP contribution in [0.2, 0.25) is 0 Å². The van der Waals surface area contributed by atoms with Gasteiger partial charge in [0.25, 0.3) is 5.91 Å². The van der Waals surface area contributed by atoms with Crippen molar-refractivity contribution >= 4 is 21.9 Å². The maximum Gasteiger partial charge on any atom is 0.338 e. The van der Waals surface area contributed by atoms with Crippen LogP contribution in [0.15, 0.2) is 23.1 Å². The van der Waals surface area contributed by atoms with Gasteiger partial charge >= 0.3 is 5.97 Å². The van der Waals surface area contributed by atoms with Crippen LogP contribution in [-0.2, 0) is 19.6 Å². The molecule has 1 aromatic carbocycles. The molecule has 26 heavy (non-hydrogen) atoms. The Morgan fingerprint density at radius 1 is 1.31 bits per heavy atom. The zero-order valence-corrected chi connectivity index (χ0v) is 16.0. The average Bonchev–Trinajstić information content (AvgIpc) is 2.65. The highest BCUT2D eigenvalue weighted by Gasteiger charge is 2.25. The Labute approximate surface area is 153 Å². The van der Waals surface area contributed by atoms with Crippen molar-refractivity contribution in [2.24, 2.45) is 0 Å². The molecule has 1 fully saturated rings. The molecule has 0 bridgehead atoms. The van der Waals surface area contributed by atoms with Crippen LogP contribution in [0.1, 0.15) is 36.5 Å². The Balaban J connectivity index is 2.10. The lowest BCUT2D eigenvalue weighted by Crippen LogP contribution is -2.44. The molecule has 144 valence electrons. The summed E-state index contributed by atoms with van der Waals surface area (Å²) in [6.07, 6.45) is 2.95. The lowest BCUT2D eigenvalue weighted by Gasteiger charge is -2.33. The van der Waals surface area contributed by atoms with Gasteiger partial charge in [-0.3, -0.25) is 4.79 Å². The zero-order valence-electron chi connectivity index (χ0n) is 15.1. The number of carbonyl (C=O) groups is 2. The van der Waals surface area contributed by atoms with Gasteiger partial charge < -0.3 is 14.4 Å². The number of sulfonamides is 1. The monoisotopic (exact) mass is 384 g/mol. The molecule has 0 aliphatic carbocycles. The van der Waals surface area contributed by atoms with Gasteiger partial charge in [0.15, 0.2) is 6.61 Å². The second-order valence-electron chi connectivity index (χ2n) is 6.08. The Morgan fingerprint density at radius 2 is 2.04 bits per heavy atom. The van der Waals surface area contributed by atoms with E-state index in [0.717, 1.165) is 19.3 Å². The first kappa shape index (κ1) is 20.2. The fourth-order valence-electron chi connectivity index (χ4n) is 2.89. The molecule has 0 unspecified atom stereocenters. The van der Waals surface area contributed by atoms with Crippen LogP contribution < -0.4 is 9.46 Å². The maximum absolute atomic E-state index is 12.2. The van der Waals surface area contributed by atoms with Crippen molar-refractivity contribution in [1.29, 1.82) is 0 Å². The highest BCUT2D eigenvalue weighted by Crippen LogP contribution is 2.25. The molecule has 1 atom stereocenters. The number of amides is 1. The highest BCUT2D eigenvalue weighted by molar-refractivity contribution is 7.89. The molecule has 1 aromatic rings. The van der Waals surface area contributed by atoms with Gasteiger partial charge in [-0.05, 0) is 51.4 Å². The molecule has 1 saturated heterocycles. The molecule has 1 amide bonds. The first-order chi connectivity index (χ1) is 12.3. The number of nitrogens with one attached hydrogen (secondary N) is 1. The molecule has 8 nitrogen and oxygen atoms in total. The number of hydrogen-bond acceptors (Lipinski definition) is 6. The van der Waals surface area contributed by atoms with Crippen LogP contribution in [0.25, 0.3) is 0 Å². The van der Waals surface area contributed by atoms with Gasteiger partial charge in [0, 0.05) is 12.6 Å². The lowest BCUT2D eigenvalue weighted by molar-refractivity contribution is -0.137. The molecule has 9 heteroatoms. The van der Waals surface area contributed by atoms with Crippen molar-refractivity contribution in [2.45, 2.75) is 37.1 Å². The topological polar surface area (TPSA) is 102 Å². The van der Waals surface area contributed by atoms with Crippen LogP contribution in [-0.4, -0.2) is 58.5 Å². The van der Waals surface area contributed by atoms with Gasteiger partial charge in [0.05, 0.1) is 12.7 Å². The fourth-order valence-corrected chi connectivity index (χ4v) is 3.80. The van der Waals surface area contributed by atoms with E-state index in [-0.39, 0.29) is 34.8 Å². The summed E-state index contributed by atoms with van der Waals surface area (Å²) in [6, 6.07) is 4.06. The smallest absolute Gasteiger partial charge is 0.338 e. The van der Waals surface area contributed by atoms with Gasteiger partial charge in [-0.2, -0.15) is 0 Å². The van der Waals surface area contributed by atoms with E-state index in [2.05, 4.69) is 4.72 Å². The summed E-state index contributed by atoms with van der Waals surface area (Å²) in [5.41, 5.74) is 0.0270. The van der Waals surface area contributed by atoms with Crippen molar-refractivity contribution in [3.05, 3.63) is 23.8 Å². The second kappa shape index (κ2) is 8.50. The third-order valence-electron chi connectivity index (χ3n) is 4.41. The van der Waals surface area contributed by atoms with Crippen LogP contribution >= 0.6 is 0 Å². The van der Waals surface area contributed by atoms with Gasteiger partial charge in [-0.1, -0.05) is 0 Å². The Morgan fingerprint density at radius 3 is 2.65 bits per heavy atom. The number of likely N-dealkylation sites (tertiary alicyclic amines) is 1. The number of benzene rings is 1. The zero-order chi connectivity index (χ0) is 19.3. The summed E-state index contributed by atoms with van der Waals surface area (Å²) in [7, 11) is -1.21. The van der Waals surface area contributed by atoms with Crippen molar-refractivity contribution in [3.63, 3.8) is 0 Å². The summed E-state index contributed by atoms with van der Waals surface area (Å²) >= 11 is 0. The molecule has 0 radical (unpaired) electrons. The van der Waals surface area contributed by atoms with E-state index in [1.807, 2.05) is 6.92 Å². The van der Waals surface area contributed by atoms with Crippen LogP contribution in [0.5, 0.6) is 5.75 Å². The molecular weight excluding hydrogens is 360 g/mol. The Kier molecular flexibility index (Phi) is 6.60. The number of ether oxygens (including phenoxy) is 2. The van der Waals surface area contributed by atoms with Crippen molar-refractivity contribution in [2.75, 3.05) is 27.3 Å². The first-order valence-corrected chi connectivity index (χ1v) is 9.86. The lowest BCUT2D eigenvalue weighted by atomic mass is 10.0. The van der Waals surface area contributed by atoms with Crippen LogP contribution in [0.3, 0.4) is 0 Å². The molecule has 2 rings (SSSR count). The van der Waals surface area contributed by atoms with E-state index in [4.69, 9.17) is 9.47 Å². The predicted octanol–water partition coefficient (Wildman–Crippen LogP) is 1.16. The van der Waals surface area contributed by atoms with Gasteiger partial charge in [-0.15, -0.1) is 0 Å².